The van der Waals surface area contributed by atoms with E-state index >= 15 is 0 Å². The number of rotatable bonds is 9. The van der Waals surface area contributed by atoms with Crippen LogP contribution in [-0.2, 0) is 21.1 Å². The van der Waals surface area contributed by atoms with Gasteiger partial charge in [0.05, 0.1) is 5.92 Å². The summed E-state index contributed by atoms with van der Waals surface area (Å²) < 4.78 is 0. The first kappa shape index (κ1) is 21.3. The van der Waals surface area contributed by atoms with E-state index in [9.17, 15) is 9.59 Å². The molecule has 4 heteroatoms. The molecule has 2 aromatic carbocycles. The SMILES string of the molecule is C=Cc1cccc(CSC(=O)C(CC)C(=O)SCc2cccc(C=C)c2)c1. The fraction of sp³-hybridized carbons (Fsp3) is 0.217. The quantitative estimate of drug-likeness (QED) is 0.471. The van der Waals surface area contributed by atoms with Gasteiger partial charge in [0.15, 0.2) is 0 Å². The summed E-state index contributed by atoms with van der Waals surface area (Å²) in [7, 11) is 0. The van der Waals surface area contributed by atoms with Crippen LogP contribution in [0.2, 0.25) is 0 Å². The summed E-state index contributed by atoms with van der Waals surface area (Å²) in [6.07, 6.45) is 4.09. The van der Waals surface area contributed by atoms with Gasteiger partial charge >= 0.3 is 0 Å². The maximum atomic E-state index is 12.6. The summed E-state index contributed by atoms with van der Waals surface area (Å²) in [6, 6.07) is 15.8. The lowest BCUT2D eigenvalue weighted by Crippen LogP contribution is -2.19. The largest absolute Gasteiger partial charge is 0.286 e. The third kappa shape index (κ3) is 6.56. The second-order valence-corrected chi connectivity index (χ2v) is 8.03. The minimum atomic E-state index is -0.565. The van der Waals surface area contributed by atoms with Gasteiger partial charge in [0.1, 0.15) is 0 Å². The van der Waals surface area contributed by atoms with Crippen LogP contribution in [0.4, 0.5) is 0 Å². The molecule has 0 saturated carbocycles. The first-order valence-corrected chi connectivity index (χ1v) is 10.8. The maximum Gasteiger partial charge on any atom is 0.200 e. The van der Waals surface area contributed by atoms with Crippen molar-refractivity contribution in [2.24, 2.45) is 5.92 Å². The number of carbonyl (C=O) groups excluding carboxylic acids is 2. The third-order valence-electron chi connectivity index (χ3n) is 4.11. The van der Waals surface area contributed by atoms with Gasteiger partial charge in [-0.05, 0) is 28.7 Å². The topological polar surface area (TPSA) is 34.1 Å². The molecule has 2 nitrogen and oxygen atoms in total. The van der Waals surface area contributed by atoms with Crippen molar-refractivity contribution in [1.29, 1.82) is 0 Å². The summed E-state index contributed by atoms with van der Waals surface area (Å²) in [5, 5.41) is -0.113. The highest BCUT2D eigenvalue weighted by molar-refractivity contribution is 8.15. The van der Waals surface area contributed by atoms with E-state index in [1.54, 1.807) is 12.2 Å². The van der Waals surface area contributed by atoms with E-state index in [0.29, 0.717) is 17.9 Å². The predicted octanol–water partition coefficient (Wildman–Crippen LogP) is 6.22. The van der Waals surface area contributed by atoms with Crippen molar-refractivity contribution in [3.05, 3.63) is 83.9 Å². The Morgan fingerprint density at radius 1 is 0.889 bits per heavy atom. The van der Waals surface area contributed by atoms with Crippen molar-refractivity contribution in [2.75, 3.05) is 0 Å². The fourth-order valence-corrected chi connectivity index (χ4v) is 4.56. The second-order valence-electron chi connectivity index (χ2n) is 6.07. The van der Waals surface area contributed by atoms with Crippen molar-refractivity contribution in [3.63, 3.8) is 0 Å². The molecule has 2 aromatic rings. The molecular weight excluding hydrogens is 372 g/mol. The van der Waals surface area contributed by atoms with Gasteiger partial charge in [-0.1, -0.05) is 104 Å². The summed E-state index contributed by atoms with van der Waals surface area (Å²) in [6.45, 7) is 9.41. The Kier molecular flexibility index (Phi) is 8.62. The summed E-state index contributed by atoms with van der Waals surface area (Å²) in [5.74, 6) is 0.567. The number of hydrogen-bond donors (Lipinski definition) is 0. The van der Waals surface area contributed by atoms with E-state index in [4.69, 9.17) is 0 Å². The Morgan fingerprint density at radius 2 is 1.33 bits per heavy atom. The zero-order valence-electron chi connectivity index (χ0n) is 15.5. The average Bonchev–Trinajstić information content (AvgIpc) is 2.71. The number of hydrogen-bond acceptors (Lipinski definition) is 4. The van der Waals surface area contributed by atoms with Gasteiger partial charge in [0.25, 0.3) is 0 Å². The molecular formula is C23H24O2S2. The van der Waals surface area contributed by atoms with Crippen molar-refractivity contribution in [2.45, 2.75) is 24.9 Å². The minimum Gasteiger partial charge on any atom is -0.286 e. The van der Waals surface area contributed by atoms with Crippen LogP contribution in [0.15, 0.2) is 61.7 Å². The highest BCUT2D eigenvalue weighted by atomic mass is 32.2. The molecule has 140 valence electrons. The van der Waals surface area contributed by atoms with Crippen LogP contribution in [0.5, 0.6) is 0 Å². The van der Waals surface area contributed by atoms with Crippen molar-refractivity contribution >= 4 is 45.9 Å². The number of carbonyl (C=O) groups is 2. The molecule has 0 radical (unpaired) electrons. The molecule has 0 spiro atoms. The molecule has 0 atom stereocenters. The number of benzene rings is 2. The van der Waals surface area contributed by atoms with E-state index in [2.05, 4.69) is 13.2 Å². The maximum absolute atomic E-state index is 12.6. The molecule has 0 amide bonds. The average molecular weight is 397 g/mol. The zero-order valence-corrected chi connectivity index (χ0v) is 17.2. The first-order valence-electron chi connectivity index (χ1n) is 8.83. The van der Waals surface area contributed by atoms with Crippen LogP contribution in [0.25, 0.3) is 12.2 Å². The molecule has 2 rings (SSSR count). The highest BCUT2D eigenvalue weighted by Gasteiger charge is 2.25. The van der Waals surface area contributed by atoms with E-state index in [1.807, 2.05) is 55.5 Å². The predicted molar refractivity (Wildman–Crippen MR) is 119 cm³/mol. The first-order chi connectivity index (χ1) is 13.1. The molecule has 0 unspecified atom stereocenters. The summed E-state index contributed by atoms with van der Waals surface area (Å²) in [4.78, 5) is 25.1. The molecule has 0 aliphatic carbocycles. The van der Waals surface area contributed by atoms with Crippen LogP contribution >= 0.6 is 23.5 Å². The van der Waals surface area contributed by atoms with Crippen LogP contribution in [-0.4, -0.2) is 10.2 Å². The normalized spacial score (nSPS) is 10.6. The monoisotopic (exact) mass is 396 g/mol. The molecule has 27 heavy (non-hydrogen) atoms. The second kappa shape index (κ2) is 11.0. The molecule has 0 aromatic heterocycles. The zero-order chi connectivity index (χ0) is 19.6. The lowest BCUT2D eigenvalue weighted by molar-refractivity contribution is -0.123. The van der Waals surface area contributed by atoms with E-state index in [0.717, 1.165) is 22.3 Å². The van der Waals surface area contributed by atoms with Gasteiger partial charge in [0.2, 0.25) is 10.2 Å². The Hall–Kier alpha value is -2.04. The molecule has 0 fully saturated rings. The Bertz CT molecular complexity index is 759. The molecule has 0 aliphatic heterocycles. The van der Waals surface area contributed by atoms with Gasteiger partial charge in [-0.2, -0.15) is 0 Å². The molecule has 0 heterocycles. The lowest BCUT2D eigenvalue weighted by atomic mass is 10.1. The summed E-state index contributed by atoms with van der Waals surface area (Å²) >= 11 is 2.43. The van der Waals surface area contributed by atoms with Crippen molar-refractivity contribution < 1.29 is 9.59 Å². The molecule has 0 N–H and O–H groups in total. The standard InChI is InChI=1S/C23H24O2S2/c1-4-17-9-7-11-19(13-17)15-26-22(24)21(6-3)23(25)27-16-20-12-8-10-18(5-2)14-20/h4-5,7-14,21H,1-2,6,15-16H2,3H3. The van der Waals surface area contributed by atoms with Crippen LogP contribution in [0.3, 0.4) is 0 Å². The number of thioether (sulfide) groups is 2. The van der Waals surface area contributed by atoms with E-state index in [1.165, 1.54) is 23.5 Å². The molecule has 0 saturated heterocycles. The van der Waals surface area contributed by atoms with Crippen LogP contribution in [0, 0.1) is 5.92 Å². The molecule has 0 aliphatic rings. The highest BCUT2D eigenvalue weighted by Crippen LogP contribution is 2.26. The van der Waals surface area contributed by atoms with Crippen molar-refractivity contribution in [1.82, 2.24) is 0 Å². The van der Waals surface area contributed by atoms with Gasteiger partial charge < -0.3 is 0 Å². The Balaban J connectivity index is 1.91. The minimum absolute atomic E-state index is 0.0566. The van der Waals surface area contributed by atoms with Crippen LogP contribution < -0.4 is 0 Å². The lowest BCUT2D eigenvalue weighted by Gasteiger charge is -2.12. The van der Waals surface area contributed by atoms with Gasteiger partial charge in [-0.3, -0.25) is 9.59 Å². The molecule has 0 bridgehead atoms. The van der Waals surface area contributed by atoms with Gasteiger partial charge in [0, 0.05) is 11.5 Å². The van der Waals surface area contributed by atoms with Gasteiger partial charge in [-0.25, -0.2) is 0 Å². The fourth-order valence-electron chi connectivity index (χ4n) is 2.56. The van der Waals surface area contributed by atoms with E-state index < -0.39 is 5.92 Å². The van der Waals surface area contributed by atoms with E-state index in [-0.39, 0.29) is 10.2 Å². The van der Waals surface area contributed by atoms with Crippen molar-refractivity contribution in [3.8, 4) is 0 Å². The Morgan fingerprint density at radius 3 is 1.70 bits per heavy atom. The van der Waals surface area contributed by atoms with Crippen LogP contribution in [0.1, 0.15) is 35.6 Å². The summed E-state index contributed by atoms with van der Waals surface area (Å²) in [5.41, 5.74) is 4.17. The van der Waals surface area contributed by atoms with Gasteiger partial charge in [-0.15, -0.1) is 0 Å². The smallest absolute Gasteiger partial charge is 0.200 e. The Labute approximate surface area is 170 Å². The third-order valence-corrected chi connectivity index (χ3v) is 6.21.